The summed E-state index contributed by atoms with van der Waals surface area (Å²) in [5, 5.41) is 0. The smallest absolute Gasteiger partial charge is 0.204 e. The van der Waals surface area contributed by atoms with Gasteiger partial charge in [0.1, 0.15) is 11.9 Å². The first-order valence-electron chi connectivity index (χ1n) is 9.25. The number of fused-ring (bicyclic) bond motifs is 2. The first-order valence-corrected chi connectivity index (χ1v) is 9.25. The molecule has 4 heteroatoms. The molecule has 0 bridgehead atoms. The number of nitrogens with two attached hydrogens (primary N) is 1. The summed E-state index contributed by atoms with van der Waals surface area (Å²) in [5.41, 5.74) is 10.9. The van der Waals surface area contributed by atoms with Gasteiger partial charge in [0.15, 0.2) is 5.75 Å². The Morgan fingerprint density at radius 1 is 1.00 bits per heavy atom. The van der Waals surface area contributed by atoms with Crippen molar-refractivity contribution in [1.82, 2.24) is 0 Å². The normalized spacial score (nSPS) is 21.5. The van der Waals surface area contributed by atoms with Crippen molar-refractivity contribution in [3.8, 4) is 5.75 Å². The Kier molecular flexibility index (Phi) is 3.83. The van der Waals surface area contributed by atoms with Crippen LogP contribution < -0.4 is 15.4 Å². The highest BCUT2D eigenvalue weighted by Gasteiger charge is 2.27. The maximum absolute atomic E-state index is 6.36. The molecule has 2 N–H and O–H groups in total. The van der Waals surface area contributed by atoms with Crippen LogP contribution in [0, 0.1) is 0 Å². The molecule has 0 aromatic heterocycles. The maximum atomic E-state index is 6.36. The zero-order chi connectivity index (χ0) is 19.1. The third-order valence-corrected chi connectivity index (χ3v) is 5.08. The van der Waals surface area contributed by atoms with Crippen LogP contribution in [0.1, 0.15) is 5.56 Å². The lowest BCUT2D eigenvalue weighted by Crippen LogP contribution is -2.21. The zero-order valence-corrected chi connectivity index (χ0v) is 15.5. The SMILES string of the molecule is CN1C(=CC2=C(c3ccccc3)C=C3C=CC(N)=CC3O2)Oc2ccccc21. The summed E-state index contributed by atoms with van der Waals surface area (Å²) < 4.78 is 12.4. The Morgan fingerprint density at radius 2 is 1.79 bits per heavy atom. The highest BCUT2D eigenvalue weighted by atomic mass is 16.5. The van der Waals surface area contributed by atoms with Crippen LogP contribution in [0.15, 0.2) is 108 Å². The molecule has 0 spiro atoms. The van der Waals surface area contributed by atoms with Gasteiger partial charge in [-0.2, -0.15) is 0 Å². The van der Waals surface area contributed by atoms with E-state index < -0.39 is 0 Å². The molecular formula is C24H20N2O2. The van der Waals surface area contributed by atoms with E-state index in [1.54, 1.807) is 0 Å². The van der Waals surface area contributed by atoms with Crippen molar-refractivity contribution in [2.45, 2.75) is 6.10 Å². The first-order chi connectivity index (χ1) is 13.7. The lowest BCUT2D eigenvalue weighted by Gasteiger charge is -2.27. The van der Waals surface area contributed by atoms with Gasteiger partial charge < -0.3 is 20.1 Å². The monoisotopic (exact) mass is 368 g/mol. The fourth-order valence-electron chi connectivity index (χ4n) is 3.60. The number of ether oxygens (including phenoxy) is 2. The topological polar surface area (TPSA) is 47.7 Å². The van der Waals surface area contributed by atoms with Crippen LogP contribution in [0.5, 0.6) is 5.75 Å². The van der Waals surface area contributed by atoms with Crippen molar-refractivity contribution in [3.63, 3.8) is 0 Å². The second-order valence-corrected chi connectivity index (χ2v) is 6.94. The minimum Gasteiger partial charge on any atom is -0.481 e. The molecule has 2 aromatic carbocycles. The van der Waals surface area contributed by atoms with E-state index in [0.29, 0.717) is 5.70 Å². The van der Waals surface area contributed by atoms with Gasteiger partial charge in [-0.05, 0) is 41.5 Å². The second-order valence-electron chi connectivity index (χ2n) is 6.94. The molecule has 1 unspecified atom stereocenters. The molecule has 0 saturated heterocycles. The molecular weight excluding hydrogens is 348 g/mol. The van der Waals surface area contributed by atoms with Gasteiger partial charge in [-0.3, -0.25) is 0 Å². The van der Waals surface area contributed by atoms with Crippen LogP contribution in [0.2, 0.25) is 0 Å². The largest absolute Gasteiger partial charge is 0.481 e. The van der Waals surface area contributed by atoms with E-state index in [1.165, 1.54) is 0 Å². The molecule has 4 nitrogen and oxygen atoms in total. The van der Waals surface area contributed by atoms with E-state index in [2.05, 4.69) is 18.2 Å². The second kappa shape index (κ2) is 6.50. The highest BCUT2D eigenvalue weighted by molar-refractivity contribution is 5.80. The van der Waals surface area contributed by atoms with Gasteiger partial charge in [0.2, 0.25) is 5.88 Å². The van der Waals surface area contributed by atoms with Gasteiger partial charge >= 0.3 is 0 Å². The maximum Gasteiger partial charge on any atom is 0.204 e. The summed E-state index contributed by atoms with van der Waals surface area (Å²) in [4.78, 5) is 2.03. The Hall–Kier alpha value is -3.66. The number of hydrogen-bond acceptors (Lipinski definition) is 4. The van der Waals surface area contributed by atoms with Crippen molar-refractivity contribution >= 4 is 11.3 Å². The van der Waals surface area contributed by atoms with E-state index in [0.717, 1.165) is 39.8 Å². The van der Waals surface area contributed by atoms with Crippen molar-refractivity contribution in [3.05, 3.63) is 113 Å². The van der Waals surface area contributed by atoms with E-state index in [9.17, 15) is 0 Å². The summed E-state index contributed by atoms with van der Waals surface area (Å²) >= 11 is 0. The fourth-order valence-corrected chi connectivity index (χ4v) is 3.60. The molecule has 28 heavy (non-hydrogen) atoms. The summed E-state index contributed by atoms with van der Waals surface area (Å²) in [7, 11) is 1.99. The lowest BCUT2D eigenvalue weighted by molar-refractivity contribution is 0.192. The average molecular weight is 368 g/mol. The van der Waals surface area contributed by atoms with Crippen molar-refractivity contribution < 1.29 is 9.47 Å². The standard InChI is InChI=1S/C24H20N2O2/c1-26-20-9-5-6-10-21(20)28-24(26)15-23-19(16-7-3-2-4-8-16)13-17-11-12-18(25)14-22(17)27-23/h2-15,22H,25H2,1H3. The van der Waals surface area contributed by atoms with Crippen LogP contribution in [0.4, 0.5) is 5.69 Å². The third kappa shape index (κ3) is 2.79. The van der Waals surface area contributed by atoms with Crippen LogP contribution in [0.25, 0.3) is 5.57 Å². The molecule has 2 heterocycles. The number of nitrogens with zero attached hydrogens (tertiary/aromatic N) is 1. The van der Waals surface area contributed by atoms with E-state index >= 15 is 0 Å². The predicted octanol–water partition coefficient (Wildman–Crippen LogP) is 4.51. The Bertz CT molecular complexity index is 1090. The van der Waals surface area contributed by atoms with E-state index in [1.807, 2.05) is 78.7 Å². The fraction of sp³-hybridized carbons (Fsp3) is 0.0833. The molecule has 138 valence electrons. The third-order valence-electron chi connectivity index (χ3n) is 5.08. The molecule has 1 aliphatic carbocycles. The number of anilines is 1. The van der Waals surface area contributed by atoms with Crippen LogP contribution in [0.3, 0.4) is 0 Å². The Morgan fingerprint density at radius 3 is 2.61 bits per heavy atom. The van der Waals surface area contributed by atoms with Crippen molar-refractivity contribution in [2.24, 2.45) is 5.73 Å². The van der Waals surface area contributed by atoms with Crippen LogP contribution >= 0.6 is 0 Å². The minimum atomic E-state index is -0.196. The van der Waals surface area contributed by atoms with Gasteiger partial charge in [-0.25, -0.2) is 0 Å². The quantitative estimate of drug-likeness (QED) is 0.848. The summed E-state index contributed by atoms with van der Waals surface area (Å²) in [6.45, 7) is 0. The number of rotatable bonds is 2. The average Bonchev–Trinajstić information content (AvgIpc) is 3.04. The number of benzene rings is 2. The number of allylic oxidation sites excluding steroid dienone is 4. The summed E-state index contributed by atoms with van der Waals surface area (Å²) in [5.74, 6) is 2.33. The van der Waals surface area contributed by atoms with Gasteiger partial charge in [0.05, 0.1) is 5.69 Å². The van der Waals surface area contributed by atoms with E-state index in [-0.39, 0.29) is 6.10 Å². The molecule has 5 rings (SSSR count). The van der Waals surface area contributed by atoms with Gasteiger partial charge in [-0.1, -0.05) is 48.5 Å². The van der Waals surface area contributed by atoms with E-state index in [4.69, 9.17) is 15.2 Å². The van der Waals surface area contributed by atoms with Gasteiger partial charge in [0.25, 0.3) is 0 Å². The molecule has 1 atom stereocenters. The highest BCUT2D eigenvalue weighted by Crippen LogP contribution is 2.40. The lowest BCUT2D eigenvalue weighted by atomic mass is 9.93. The number of para-hydroxylation sites is 2. The summed E-state index contributed by atoms with van der Waals surface area (Å²) in [6, 6.07) is 18.2. The Labute approximate surface area is 164 Å². The molecule has 0 fully saturated rings. The zero-order valence-electron chi connectivity index (χ0n) is 15.5. The Balaban J connectivity index is 1.61. The summed E-state index contributed by atoms with van der Waals surface area (Å²) in [6.07, 6.45) is 9.77. The van der Waals surface area contributed by atoms with Crippen LogP contribution in [-0.2, 0) is 4.74 Å². The minimum absolute atomic E-state index is 0.196. The van der Waals surface area contributed by atoms with Gasteiger partial charge in [-0.15, -0.1) is 0 Å². The predicted molar refractivity (Wildman–Crippen MR) is 111 cm³/mol. The van der Waals surface area contributed by atoms with Crippen molar-refractivity contribution in [2.75, 3.05) is 11.9 Å². The molecule has 0 radical (unpaired) electrons. The van der Waals surface area contributed by atoms with Crippen LogP contribution in [-0.4, -0.2) is 13.2 Å². The van der Waals surface area contributed by atoms with Gasteiger partial charge in [0, 0.05) is 24.4 Å². The first kappa shape index (κ1) is 16.5. The van der Waals surface area contributed by atoms with Crippen molar-refractivity contribution in [1.29, 1.82) is 0 Å². The molecule has 0 amide bonds. The molecule has 2 aromatic rings. The number of hydrogen-bond donors (Lipinski definition) is 1. The molecule has 3 aliphatic rings. The molecule has 2 aliphatic heterocycles. The molecule has 0 saturated carbocycles.